The van der Waals surface area contributed by atoms with E-state index in [4.69, 9.17) is 4.74 Å². The van der Waals surface area contributed by atoms with E-state index < -0.39 is 0 Å². The molecule has 0 saturated carbocycles. The first-order valence-electron chi connectivity index (χ1n) is 5.16. The molecule has 2 amide bonds. The van der Waals surface area contributed by atoms with Crippen molar-refractivity contribution >= 4 is 22.5 Å². The van der Waals surface area contributed by atoms with Crippen LogP contribution in [0.4, 0.5) is 9.93 Å². The molecule has 16 heavy (non-hydrogen) atoms. The number of amides is 2. The fourth-order valence-corrected chi connectivity index (χ4v) is 1.96. The Bertz CT molecular complexity index is 341. The van der Waals surface area contributed by atoms with E-state index in [1.807, 2.05) is 19.2 Å². The number of carbonyl (C=O) groups is 1. The van der Waals surface area contributed by atoms with Gasteiger partial charge in [-0.2, -0.15) is 0 Å². The van der Waals surface area contributed by atoms with E-state index in [1.54, 1.807) is 7.11 Å². The smallest absolute Gasteiger partial charge is 0.321 e. The van der Waals surface area contributed by atoms with Gasteiger partial charge >= 0.3 is 6.03 Å². The third-order valence-electron chi connectivity index (χ3n) is 1.93. The highest BCUT2D eigenvalue weighted by molar-refractivity contribution is 7.13. The average molecular weight is 243 g/mol. The molecular weight excluding hydrogens is 226 g/mol. The van der Waals surface area contributed by atoms with Crippen LogP contribution < -0.4 is 10.6 Å². The number of hydrogen-bond acceptors (Lipinski definition) is 4. The summed E-state index contributed by atoms with van der Waals surface area (Å²) in [6, 6.07) is -0.267. The molecule has 6 heteroatoms. The van der Waals surface area contributed by atoms with Gasteiger partial charge in [0.15, 0.2) is 5.13 Å². The van der Waals surface area contributed by atoms with Crippen LogP contribution in [0.5, 0.6) is 0 Å². The van der Waals surface area contributed by atoms with Gasteiger partial charge in [0.2, 0.25) is 0 Å². The number of thiazole rings is 1. The Kier molecular flexibility index (Phi) is 5.21. The van der Waals surface area contributed by atoms with E-state index in [2.05, 4.69) is 15.6 Å². The molecule has 90 valence electrons. The highest BCUT2D eigenvalue weighted by Crippen LogP contribution is 2.15. The van der Waals surface area contributed by atoms with Crippen LogP contribution in [-0.4, -0.2) is 30.8 Å². The summed E-state index contributed by atoms with van der Waals surface area (Å²) in [5.74, 6) is 0. The van der Waals surface area contributed by atoms with E-state index in [-0.39, 0.29) is 12.1 Å². The first-order valence-corrected chi connectivity index (χ1v) is 6.04. The molecule has 1 aromatic rings. The zero-order chi connectivity index (χ0) is 12.0. The Morgan fingerprint density at radius 3 is 3.00 bits per heavy atom. The van der Waals surface area contributed by atoms with Gasteiger partial charge in [0.05, 0.1) is 18.3 Å². The number of urea groups is 1. The summed E-state index contributed by atoms with van der Waals surface area (Å²) in [5.41, 5.74) is 0.991. The van der Waals surface area contributed by atoms with Crippen LogP contribution in [0.3, 0.4) is 0 Å². The maximum absolute atomic E-state index is 11.5. The van der Waals surface area contributed by atoms with Gasteiger partial charge in [-0.1, -0.05) is 6.92 Å². The molecule has 0 fully saturated rings. The first-order chi connectivity index (χ1) is 7.65. The van der Waals surface area contributed by atoms with Crippen molar-refractivity contribution in [1.82, 2.24) is 10.3 Å². The van der Waals surface area contributed by atoms with Crippen LogP contribution in [0, 0.1) is 0 Å². The molecule has 0 saturated heterocycles. The number of ether oxygens (including phenoxy) is 1. The Morgan fingerprint density at radius 1 is 1.69 bits per heavy atom. The zero-order valence-electron chi connectivity index (χ0n) is 9.74. The van der Waals surface area contributed by atoms with Gasteiger partial charge in [-0.25, -0.2) is 9.78 Å². The number of aromatic nitrogens is 1. The summed E-state index contributed by atoms with van der Waals surface area (Å²) in [6.07, 6.45) is 0.875. The lowest BCUT2D eigenvalue weighted by Gasteiger charge is -2.12. The van der Waals surface area contributed by atoms with Gasteiger partial charge in [-0.15, -0.1) is 11.3 Å². The van der Waals surface area contributed by atoms with E-state index in [0.717, 1.165) is 12.1 Å². The van der Waals surface area contributed by atoms with Crippen LogP contribution in [0.1, 0.15) is 19.5 Å². The van der Waals surface area contributed by atoms with E-state index in [9.17, 15) is 4.79 Å². The van der Waals surface area contributed by atoms with Crippen LogP contribution in [0.15, 0.2) is 5.38 Å². The summed E-state index contributed by atoms with van der Waals surface area (Å²) in [5, 5.41) is 8.00. The van der Waals surface area contributed by atoms with Crippen molar-refractivity contribution in [1.29, 1.82) is 0 Å². The lowest BCUT2D eigenvalue weighted by molar-refractivity contribution is 0.173. The Hall–Kier alpha value is -1.14. The Morgan fingerprint density at radius 2 is 2.44 bits per heavy atom. The number of anilines is 1. The molecule has 0 aliphatic heterocycles. The van der Waals surface area contributed by atoms with Crippen LogP contribution in [0.2, 0.25) is 0 Å². The summed E-state index contributed by atoms with van der Waals surface area (Å²) in [7, 11) is 1.60. The van der Waals surface area contributed by atoms with Gasteiger partial charge in [0.25, 0.3) is 0 Å². The van der Waals surface area contributed by atoms with Gasteiger partial charge in [-0.3, -0.25) is 5.32 Å². The Balaban J connectivity index is 2.39. The van der Waals surface area contributed by atoms with Crippen LogP contribution >= 0.6 is 11.3 Å². The lowest BCUT2D eigenvalue weighted by atomic mass is 10.4. The monoisotopic (exact) mass is 243 g/mol. The molecule has 0 aliphatic rings. The molecule has 1 atom stereocenters. The second kappa shape index (κ2) is 6.44. The molecule has 0 aromatic carbocycles. The average Bonchev–Trinajstić information content (AvgIpc) is 2.65. The van der Waals surface area contributed by atoms with E-state index in [0.29, 0.717) is 11.7 Å². The molecule has 1 aromatic heterocycles. The van der Waals surface area contributed by atoms with Crippen LogP contribution in [-0.2, 0) is 11.2 Å². The Labute approximate surface area is 99.2 Å². The quantitative estimate of drug-likeness (QED) is 0.829. The molecule has 0 bridgehead atoms. The number of aryl methyl sites for hydroxylation is 1. The number of carbonyl (C=O) groups excluding carboxylic acids is 1. The lowest BCUT2D eigenvalue weighted by Crippen LogP contribution is -2.38. The second-order valence-corrected chi connectivity index (χ2v) is 4.31. The van der Waals surface area contributed by atoms with Crippen molar-refractivity contribution in [2.45, 2.75) is 26.3 Å². The highest BCUT2D eigenvalue weighted by Gasteiger charge is 2.08. The van der Waals surface area contributed by atoms with Gasteiger partial charge in [-0.05, 0) is 13.3 Å². The molecular formula is C10H17N3O2S. The summed E-state index contributed by atoms with van der Waals surface area (Å²) in [6.45, 7) is 4.40. The van der Waals surface area contributed by atoms with Crippen molar-refractivity contribution in [2.75, 3.05) is 19.0 Å². The second-order valence-electron chi connectivity index (χ2n) is 3.45. The van der Waals surface area contributed by atoms with Gasteiger partial charge < -0.3 is 10.1 Å². The van der Waals surface area contributed by atoms with Gasteiger partial charge in [0, 0.05) is 12.5 Å². The number of nitrogens with one attached hydrogen (secondary N) is 2. The molecule has 2 N–H and O–H groups in total. The van der Waals surface area contributed by atoms with Crippen molar-refractivity contribution in [3.05, 3.63) is 11.1 Å². The summed E-state index contributed by atoms with van der Waals surface area (Å²) in [4.78, 5) is 15.7. The number of rotatable bonds is 5. The van der Waals surface area contributed by atoms with Crippen LogP contribution in [0.25, 0.3) is 0 Å². The molecule has 0 spiro atoms. The topological polar surface area (TPSA) is 63.2 Å². The van der Waals surface area contributed by atoms with Crippen molar-refractivity contribution < 1.29 is 9.53 Å². The molecule has 1 rings (SSSR count). The minimum Gasteiger partial charge on any atom is -0.383 e. The van der Waals surface area contributed by atoms with Crippen molar-refractivity contribution in [2.24, 2.45) is 0 Å². The predicted octanol–water partition coefficient (Wildman–Crippen LogP) is 1.86. The summed E-state index contributed by atoms with van der Waals surface area (Å²) >= 11 is 1.43. The number of hydrogen-bond donors (Lipinski definition) is 2. The minimum atomic E-state index is -0.249. The minimum absolute atomic E-state index is 0.0180. The standard InChI is InChI=1S/C10H17N3O2S/c1-4-8-6-16-10(12-8)13-9(14)11-7(2)5-15-3/h6-7H,4-5H2,1-3H3,(H2,11,12,13,14)/t7-/m0/s1. The maximum atomic E-state index is 11.5. The maximum Gasteiger partial charge on any atom is 0.321 e. The number of methoxy groups -OCH3 is 1. The predicted molar refractivity (Wildman–Crippen MR) is 65.0 cm³/mol. The first kappa shape index (κ1) is 12.9. The molecule has 5 nitrogen and oxygen atoms in total. The van der Waals surface area contributed by atoms with Crippen molar-refractivity contribution in [3.63, 3.8) is 0 Å². The third-order valence-corrected chi connectivity index (χ3v) is 2.74. The van der Waals surface area contributed by atoms with E-state index in [1.165, 1.54) is 11.3 Å². The molecule has 1 heterocycles. The zero-order valence-corrected chi connectivity index (χ0v) is 10.6. The molecule has 0 radical (unpaired) electrons. The fourth-order valence-electron chi connectivity index (χ4n) is 1.18. The largest absolute Gasteiger partial charge is 0.383 e. The van der Waals surface area contributed by atoms with E-state index >= 15 is 0 Å². The molecule has 0 aliphatic carbocycles. The number of nitrogens with zero attached hydrogens (tertiary/aromatic N) is 1. The molecule has 0 unspecified atom stereocenters. The third kappa shape index (κ3) is 4.16. The fraction of sp³-hybridized carbons (Fsp3) is 0.600. The summed E-state index contributed by atoms with van der Waals surface area (Å²) < 4.78 is 4.92. The normalized spacial score (nSPS) is 12.2. The van der Waals surface area contributed by atoms with Crippen molar-refractivity contribution in [3.8, 4) is 0 Å². The SMILES string of the molecule is CCc1csc(NC(=O)N[C@@H](C)COC)n1. The highest BCUT2D eigenvalue weighted by atomic mass is 32.1. The van der Waals surface area contributed by atoms with Gasteiger partial charge in [0.1, 0.15) is 0 Å².